The molecule has 0 amide bonds. The summed E-state index contributed by atoms with van der Waals surface area (Å²) in [5.74, 6) is 0.423. The van der Waals surface area contributed by atoms with E-state index in [0.29, 0.717) is 17.7 Å². The molecule has 24 heavy (non-hydrogen) atoms. The molecule has 0 aliphatic carbocycles. The minimum atomic E-state index is -0.319. The van der Waals surface area contributed by atoms with Crippen LogP contribution in [0.4, 0.5) is 4.39 Å². The summed E-state index contributed by atoms with van der Waals surface area (Å²) < 4.78 is 13.9. The highest BCUT2D eigenvalue weighted by atomic mass is 19.1. The zero-order valence-electron chi connectivity index (χ0n) is 13.6. The predicted octanol–water partition coefficient (Wildman–Crippen LogP) is 2.83. The number of benzene rings is 2. The fraction of sp³-hybridized carbons (Fsp3) is 0.263. The molecule has 2 aromatic rings. The van der Waals surface area contributed by atoms with E-state index >= 15 is 0 Å². The Hall–Kier alpha value is -2.87. The summed E-state index contributed by atoms with van der Waals surface area (Å²) in [5.41, 5.74) is 3.59. The van der Waals surface area contributed by atoms with Crippen LogP contribution in [0.5, 0.6) is 0 Å². The van der Waals surface area contributed by atoms with E-state index in [-0.39, 0.29) is 5.82 Å². The molecule has 0 atom stereocenters. The van der Waals surface area contributed by atoms with E-state index in [1.54, 1.807) is 13.1 Å². The zero-order chi connectivity index (χ0) is 16.9. The van der Waals surface area contributed by atoms with Crippen molar-refractivity contribution in [2.45, 2.75) is 19.5 Å². The average molecular weight is 322 g/mol. The Bertz CT molecular complexity index is 807. The number of hydrogen-bond acceptors (Lipinski definition) is 2. The number of nitrogens with one attached hydrogen (secondary N) is 1. The molecule has 3 rings (SSSR count). The quantitative estimate of drug-likeness (QED) is 0.683. The molecule has 0 bridgehead atoms. The molecule has 0 aromatic heterocycles. The largest absolute Gasteiger partial charge is 0.352 e. The summed E-state index contributed by atoms with van der Waals surface area (Å²) >= 11 is 0. The summed E-state index contributed by atoms with van der Waals surface area (Å²) in [6, 6.07) is 14.8. The lowest BCUT2D eigenvalue weighted by atomic mass is 10.0. The third kappa shape index (κ3) is 3.38. The lowest BCUT2D eigenvalue weighted by molar-refractivity contribution is 0.378. The second kappa shape index (κ2) is 7.14. The number of aliphatic imine (C=N–C) groups is 1. The third-order valence-corrected chi connectivity index (χ3v) is 4.25. The van der Waals surface area contributed by atoms with Crippen molar-refractivity contribution in [2.24, 2.45) is 4.99 Å². The first-order valence-corrected chi connectivity index (χ1v) is 7.92. The summed E-state index contributed by atoms with van der Waals surface area (Å²) in [7, 11) is 1.73. The first-order valence-electron chi connectivity index (χ1n) is 7.92. The van der Waals surface area contributed by atoms with E-state index in [4.69, 9.17) is 5.26 Å². The summed E-state index contributed by atoms with van der Waals surface area (Å²) in [6.07, 6.45) is 0.967. The highest BCUT2D eigenvalue weighted by Gasteiger charge is 2.18. The van der Waals surface area contributed by atoms with E-state index in [0.717, 1.165) is 25.5 Å². The Labute approximate surface area is 141 Å². The minimum absolute atomic E-state index is 0.298. The van der Waals surface area contributed by atoms with Gasteiger partial charge in [0, 0.05) is 32.2 Å². The van der Waals surface area contributed by atoms with Crippen molar-refractivity contribution in [1.29, 1.82) is 5.26 Å². The molecule has 1 aliphatic rings. The van der Waals surface area contributed by atoms with Gasteiger partial charge in [-0.05, 0) is 35.7 Å². The average Bonchev–Trinajstić information content (AvgIpc) is 2.63. The van der Waals surface area contributed by atoms with Crippen molar-refractivity contribution in [2.75, 3.05) is 13.6 Å². The van der Waals surface area contributed by atoms with E-state index in [2.05, 4.69) is 33.4 Å². The topological polar surface area (TPSA) is 51.4 Å². The molecule has 0 saturated heterocycles. The number of fused-ring (bicyclic) bond motifs is 1. The van der Waals surface area contributed by atoms with Crippen LogP contribution in [0.15, 0.2) is 47.5 Å². The molecule has 0 unspecified atom stereocenters. The third-order valence-electron chi connectivity index (χ3n) is 4.25. The summed E-state index contributed by atoms with van der Waals surface area (Å²) in [4.78, 5) is 6.48. The van der Waals surface area contributed by atoms with Gasteiger partial charge in [0.2, 0.25) is 0 Å². The molecule has 5 heteroatoms. The number of guanidine groups is 1. The van der Waals surface area contributed by atoms with E-state index < -0.39 is 0 Å². The van der Waals surface area contributed by atoms with E-state index in [9.17, 15) is 4.39 Å². The van der Waals surface area contributed by atoms with Crippen molar-refractivity contribution in [1.82, 2.24) is 10.2 Å². The van der Waals surface area contributed by atoms with Crippen LogP contribution < -0.4 is 5.32 Å². The molecular formula is C19H19FN4. The van der Waals surface area contributed by atoms with E-state index in [1.165, 1.54) is 23.3 Å². The van der Waals surface area contributed by atoms with Crippen molar-refractivity contribution in [3.8, 4) is 6.07 Å². The van der Waals surface area contributed by atoms with Gasteiger partial charge in [-0.2, -0.15) is 5.26 Å². The van der Waals surface area contributed by atoms with Gasteiger partial charge in [0.15, 0.2) is 5.96 Å². The molecule has 0 saturated carbocycles. The first kappa shape index (κ1) is 16.0. The Kier molecular flexibility index (Phi) is 4.76. The predicted molar refractivity (Wildman–Crippen MR) is 91.9 cm³/mol. The van der Waals surface area contributed by atoms with Gasteiger partial charge >= 0.3 is 0 Å². The standard InChI is InChI=1S/C19H19FN4/c1-22-19(23-12-17-10-14(11-21)6-7-18(17)20)24-9-8-15-4-2-3-5-16(15)13-24/h2-7,10H,8-9,12-13H2,1H3,(H,22,23). The normalized spacial score (nSPS) is 14.0. The number of rotatable bonds is 2. The number of hydrogen-bond donors (Lipinski definition) is 1. The number of nitrogens with zero attached hydrogens (tertiary/aromatic N) is 3. The van der Waals surface area contributed by atoms with Gasteiger partial charge < -0.3 is 10.2 Å². The molecule has 122 valence electrons. The summed E-state index contributed by atoms with van der Waals surface area (Å²) in [5, 5.41) is 12.2. The molecule has 0 radical (unpaired) electrons. The monoisotopic (exact) mass is 322 g/mol. The van der Waals surface area contributed by atoms with Crippen LogP contribution in [-0.4, -0.2) is 24.5 Å². The Morgan fingerprint density at radius 2 is 2.08 bits per heavy atom. The highest BCUT2D eigenvalue weighted by molar-refractivity contribution is 5.80. The molecule has 1 aliphatic heterocycles. The Morgan fingerprint density at radius 3 is 2.83 bits per heavy atom. The molecular weight excluding hydrogens is 303 g/mol. The van der Waals surface area contributed by atoms with Crippen LogP contribution in [0.25, 0.3) is 0 Å². The lowest BCUT2D eigenvalue weighted by Crippen LogP contribution is -2.43. The smallest absolute Gasteiger partial charge is 0.194 e. The van der Waals surface area contributed by atoms with Gasteiger partial charge in [0.05, 0.1) is 11.6 Å². The van der Waals surface area contributed by atoms with Gasteiger partial charge in [-0.1, -0.05) is 24.3 Å². The first-order chi connectivity index (χ1) is 11.7. The van der Waals surface area contributed by atoms with Crippen LogP contribution in [0.2, 0.25) is 0 Å². The van der Waals surface area contributed by atoms with Crippen molar-refractivity contribution >= 4 is 5.96 Å². The second-order valence-electron chi connectivity index (χ2n) is 5.76. The summed E-state index contributed by atoms with van der Waals surface area (Å²) in [6.45, 7) is 1.96. The van der Waals surface area contributed by atoms with E-state index in [1.807, 2.05) is 12.1 Å². The fourth-order valence-electron chi connectivity index (χ4n) is 2.96. The van der Waals surface area contributed by atoms with Crippen molar-refractivity contribution in [3.05, 3.63) is 70.5 Å². The minimum Gasteiger partial charge on any atom is -0.352 e. The Balaban J connectivity index is 1.70. The lowest BCUT2D eigenvalue weighted by Gasteiger charge is -2.31. The van der Waals surface area contributed by atoms with Gasteiger partial charge in [0.25, 0.3) is 0 Å². The van der Waals surface area contributed by atoms with Crippen LogP contribution in [0, 0.1) is 17.1 Å². The number of nitriles is 1. The molecule has 0 spiro atoms. The van der Waals surface area contributed by atoms with Gasteiger partial charge in [-0.15, -0.1) is 0 Å². The number of halogens is 1. The van der Waals surface area contributed by atoms with Crippen LogP contribution in [0.3, 0.4) is 0 Å². The van der Waals surface area contributed by atoms with Crippen molar-refractivity contribution < 1.29 is 4.39 Å². The second-order valence-corrected chi connectivity index (χ2v) is 5.76. The zero-order valence-corrected chi connectivity index (χ0v) is 13.6. The maximum Gasteiger partial charge on any atom is 0.194 e. The van der Waals surface area contributed by atoms with Crippen LogP contribution in [-0.2, 0) is 19.5 Å². The van der Waals surface area contributed by atoms with Crippen LogP contribution >= 0.6 is 0 Å². The van der Waals surface area contributed by atoms with Gasteiger partial charge in [-0.3, -0.25) is 4.99 Å². The van der Waals surface area contributed by atoms with Gasteiger partial charge in [-0.25, -0.2) is 4.39 Å². The van der Waals surface area contributed by atoms with Crippen LogP contribution in [0.1, 0.15) is 22.3 Å². The molecule has 2 aromatic carbocycles. The maximum absolute atomic E-state index is 13.9. The maximum atomic E-state index is 13.9. The van der Waals surface area contributed by atoms with Crippen molar-refractivity contribution in [3.63, 3.8) is 0 Å². The molecule has 1 heterocycles. The van der Waals surface area contributed by atoms with Gasteiger partial charge in [0.1, 0.15) is 5.82 Å². The fourth-order valence-corrected chi connectivity index (χ4v) is 2.96. The molecule has 1 N–H and O–H groups in total. The SMILES string of the molecule is CN=C(NCc1cc(C#N)ccc1F)N1CCc2ccccc2C1. The molecule has 4 nitrogen and oxygen atoms in total. The Morgan fingerprint density at radius 1 is 1.29 bits per heavy atom. The molecule has 0 fully saturated rings. The highest BCUT2D eigenvalue weighted by Crippen LogP contribution is 2.18.